The highest BCUT2D eigenvalue weighted by atomic mass is 16.5. The highest BCUT2D eigenvalue weighted by Crippen LogP contribution is 2.30. The second-order valence-electron chi connectivity index (χ2n) is 5.44. The smallest absolute Gasteiger partial charge is 0.232 e. The number of ether oxygens (including phenoxy) is 2. The van der Waals surface area contributed by atoms with Gasteiger partial charge in [-0.1, -0.05) is 5.16 Å². The lowest BCUT2D eigenvalue weighted by Crippen LogP contribution is -2.36. The van der Waals surface area contributed by atoms with Gasteiger partial charge < -0.3 is 24.2 Å². The molecule has 24 heavy (non-hydrogen) atoms. The molecule has 0 atom stereocenters. The molecule has 1 aliphatic heterocycles. The van der Waals surface area contributed by atoms with E-state index in [4.69, 9.17) is 14.0 Å². The third-order valence-electron chi connectivity index (χ3n) is 3.72. The number of anilines is 2. The van der Waals surface area contributed by atoms with Crippen molar-refractivity contribution < 1.29 is 18.8 Å². The van der Waals surface area contributed by atoms with Crippen LogP contribution < -0.4 is 15.0 Å². The molecule has 1 aromatic carbocycles. The van der Waals surface area contributed by atoms with Gasteiger partial charge in [0, 0.05) is 25.7 Å². The monoisotopic (exact) mass is 332 g/mol. The van der Waals surface area contributed by atoms with Crippen LogP contribution in [-0.4, -0.2) is 49.5 Å². The Bertz CT molecular complexity index is 710. The first kappa shape index (κ1) is 16.3. The molecule has 0 unspecified atom stereocenters. The van der Waals surface area contributed by atoms with Crippen molar-refractivity contribution in [1.29, 1.82) is 0 Å². The number of aryl methyl sites for hydroxylation is 1. The number of nitrogens with one attached hydrogen (secondary N) is 1. The molecule has 1 saturated heterocycles. The van der Waals surface area contributed by atoms with E-state index in [2.05, 4.69) is 20.4 Å². The number of morpholine rings is 1. The number of amides is 1. The highest BCUT2D eigenvalue weighted by Gasteiger charge is 2.16. The van der Waals surface area contributed by atoms with E-state index in [1.165, 1.54) is 0 Å². The number of benzene rings is 1. The van der Waals surface area contributed by atoms with Gasteiger partial charge in [0.1, 0.15) is 5.75 Å². The average Bonchev–Trinajstić information content (AvgIpc) is 3.00. The Balaban J connectivity index is 1.73. The highest BCUT2D eigenvalue weighted by molar-refractivity contribution is 5.94. The lowest BCUT2D eigenvalue weighted by molar-refractivity contribution is -0.115. The van der Waals surface area contributed by atoms with Crippen molar-refractivity contribution in [2.45, 2.75) is 13.3 Å². The third-order valence-corrected chi connectivity index (χ3v) is 3.72. The predicted molar refractivity (Wildman–Crippen MR) is 87.4 cm³/mol. The first-order chi connectivity index (χ1) is 11.7. The molecule has 0 saturated carbocycles. The number of aromatic nitrogens is 2. The van der Waals surface area contributed by atoms with E-state index in [-0.39, 0.29) is 12.3 Å². The fourth-order valence-electron chi connectivity index (χ4n) is 2.56. The Labute approximate surface area is 139 Å². The van der Waals surface area contributed by atoms with Crippen molar-refractivity contribution >= 4 is 17.3 Å². The summed E-state index contributed by atoms with van der Waals surface area (Å²) >= 11 is 0. The summed E-state index contributed by atoms with van der Waals surface area (Å²) in [6.07, 6.45) is 0.0439. The SMILES string of the molecule is COc1ccc(N2CCOCC2)cc1NC(=O)Cc1noc(C)n1. The van der Waals surface area contributed by atoms with Crippen LogP contribution in [0.15, 0.2) is 22.7 Å². The molecule has 0 bridgehead atoms. The zero-order valence-electron chi connectivity index (χ0n) is 13.7. The van der Waals surface area contributed by atoms with E-state index < -0.39 is 0 Å². The van der Waals surface area contributed by atoms with E-state index in [9.17, 15) is 4.79 Å². The molecule has 128 valence electrons. The molecular weight excluding hydrogens is 312 g/mol. The van der Waals surface area contributed by atoms with Gasteiger partial charge in [-0.25, -0.2) is 0 Å². The number of hydrogen-bond acceptors (Lipinski definition) is 7. The Kier molecular flexibility index (Phi) is 4.95. The van der Waals surface area contributed by atoms with Crippen LogP contribution in [0.5, 0.6) is 5.75 Å². The first-order valence-electron chi connectivity index (χ1n) is 7.75. The normalized spacial score (nSPS) is 14.5. The molecule has 0 aliphatic carbocycles. The molecule has 1 aliphatic rings. The van der Waals surface area contributed by atoms with E-state index >= 15 is 0 Å². The van der Waals surface area contributed by atoms with Gasteiger partial charge in [0.05, 0.1) is 32.4 Å². The molecular formula is C16H20N4O4. The van der Waals surface area contributed by atoms with Gasteiger partial charge in [-0.2, -0.15) is 4.98 Å². The molecule has 0 radical (unpaired) electrons. The van der Waals surface area contributed by atoms with Gasteiger partial charge in [-0.15, -0.1) is 0 Å². The summed E-state index contributed by atoms with van der Waals surface area (Å²) in [6, 6.07) is 5.73. The van der Waals surface area contributed by atoms with Gasteiger partial charge in [0.25, 0.3) is 0 Å². The Morgan fingerprint density at radius 2 is 2.17 bits per heavy atom. The molecule has 1 fully saturated rings. The maximum Gasteiger partial charge on any atom is 0.232 e. The molecule has 1 aromatic heterocycles. The van der Waals surface area contributed by atoms with E-state index in [0.29, 0.717) is 36.4 Å². The second-order valence-corrected chi connectivity index (χ2v) is 5.44. The van der Waals surface area contributed by atoms with Gasteiger partial charge >= 0.3 is 0 Å². The zero-order valence-corrected chi connectivity index (χ0v) is 13.7. The molecule has 2 heterocycles. The number of hydrogen-bond donors (Lipinski definition) is 1. The molecule has 1 N–H and O–H groups in total. The Morgan fingerprint density at radius 3 is 2.83 bits per heavy atom. The van der Waals surface area contributed by atoms with Crippen molar-refractivity contribution in [3.63, 3.8) is 0 Å². The first-order valence-corrected chi connectivity index (χ1v) is 7.75. The number of carbonyl (C=O) groups is 1. The Hall–Kier alpha value is -2.61. The van der Waals surface area contributed by atoms with Crippen LogP contribution in [0.4, 0.5) is 11.4 Å². The van der Waals surface area contributed by atoms with Crippen LogP contribution in [0.2, 0.25) is 0 Å². The van der Waals surface area contributed by atoms with Crippen molar-refractivity contribution in [1.82, 2.24) is 10.1 Å². The van der Waals surface area contributed by atoms with Gasteiger partial charge in [-0.3, -0.25) is 4.79 Å². The summed E-state index contributed by atoms with van der Waals surface area (Å²) in [4.78, 5) is 18.5. The molecule has 0 spiro atoms. The van der Waals surface area contributed by atoms with Crippen molar-refractivity contribution in [2.24, 2.45) is 0 Å². The molecule has 1 amide bonds. The lowest BCUT2D eigenvalue weighted by atomic mass is 10.2. The lowest BCUT2D eigenvalue weighted by Gasteiger charge is -2.29. The number of carbonyl (C=O) groups excluding carboxylic acids is 1. The van der Waals surface area contributed by atoms with Gasteiger partial charge in [0.2, 0.25) is 11.8 Å². The van der Waals surface area contributed by atoms with Crippen LogP contribution in [0.1, 0.15) is 11.7 Å². The van der Waals surface area contributed by atoms with Gasteiger partial charge in [-0.05, 0) is 18.2 Å². The largest absolute Gasteiger partial charge is 0.495 e. The van der Waals surface area contributed by atoms with Crippen LogP contribution >= 0.6 is 0 Å². The van der Waals surface area contributed by atoms with Crippen molar-refractivity contribution in [3.05, 3.63) is 29.9 Å². The summed E-state index contributed by atoms with van der Waals surface area (Å²) < 4.78 is 15.6. The van der Waals surface area contributed by atoms with Gasteiger partial charge in [0.15, 0.2) is 5.82 Å². The predicted octanol–water partition coefficient (Wildman–Crippen LogP) is 1.40. The van der Waals surface area contributed by atoms with Crippen LogP contribution in [0.25, 0.3) is 0 Å². The van der Waals surface area contributed by atoms with E-state index in [1.54, 1.807) is 14.0 Å². The molecule has 8 heteroatoms. The minimum atomic E-state index is -0.228. The summed E-state index contributed by atoms with van der Waals surface area (Å²) in [7, 11) is 1.57. The van der Waals surface area contributed by atoms with Crippen LogP contribution in [0, 0.1) is 6.92 Å². The fourth-order valence-corrected chi connectivity index (χ4v) is 2.56. The standard InChI is InChI=1S/C16H20N4O4/c1-11-17-15(19-24-11)10-16(21)18-13-9-12(3-4-14(13)22-2)20-5-7-23-8-6-20/h3-4,9H,5-8,10H2,1-2H3,(H,18,21). The summed E-state index contributed by atoms with van der Waals surface area (Å²) in [5.41, 5.74) is 1.64. The number of methoxy groups -OCH3 is 1. The summed E-state index contributed by atoms with van der Waals surface area (Å²) in [5, 5.41) is 6.59. The molecule has 8 nitrogen and oxygen atoms in total. The van der Waals surface area contributed by atoms with Crippen molar-refractivity contribution in [3.8, 4) is 5.75 Å². The topological polar surface area (TPSA) is 89.7 Å². The van der Waals surface area contributed by atoms with Crippen molar-refractivity contribution in [2.75, 3.05) is 43.6 Å². The molecule has 3 rings (SSSR count). The van der Waals surface area contributed by atoms with E-state index in [0.717, 1.165) is 18.8 Å². The maximum atomic E-state index is 12.2. The third kappa shape index (κ3) is 3.83. The van der Waals surface area contributed by atoms with E-state index in [1.807, 2.05) is 18.2 Å². The second kappa shape index (κ2) is 7.31. The fraction of sp³-hybridized carbons (Fsp3) is 0.438. The van der Waals surface area contributed by atoms with Crippen LogP contribution in [0.3, 0.4) is 0 Å². The number of nitrogens with zero attached hydrogens (tertiary/aromatic N) is 3. The summed E-state index contributed by atoms with van der Waals surface area (Å²) in [6.45, 7) is 4.72. The number of rotatable bonds is 5. The summed E-state index contributed by atoms with van der Waals surface area (Å²) in [5.74, 6) is 1.16. The molecule has 2 aromatic rings. The van der Waals surface area contributed by atoms with Crippen LogP contribution in [-0.2, 0) is 16.0 Å². The average molecular weight is 332 g/mol. The Morgan fingerprint density at radius 1 is 1.38 bits per heavy atom. The maximum absolute atomic E-state index is 12.2. The minimum absolute atomic E-state index is 0.0439. The zero-order chi connectivity index (χ0) is 16.9. The minimum Gasteiger partial charge on any atom is -0.495 e. The quantitative estimate of drug-likeness (QED) is 0.885.